The van der Waals surface area contributed by atoms with Crippen LogP contribution in [-0.4, -0.2) is 42.4 Å². The van der Waals surface area contributed by atoms with Crippen LogP contribution in [0.25, 0.3) is 0 Å². The minimum Gasteiger partial charge on any atom is -0.397 e. The first-order valence-corrected chi connectivity index (χ1v) is 5.28. The number of aliphatic hydroxyl groups excluding tert-OH is 1. The molecule has 1 aromatic heterocycles. The maximum absolute atomic E-state index is 11.7. The number of hydrogen-bond donors (Lipinski definition) is 3. The van der Waals surface area contributed by atoms with Gasteiger partial charge in [0.25, 0.3) is 5.91 Å². The molecule has 1 atom stereocenters. The molecular weight excluding hydrogens is 246 g/mol. The Morgan fingerprint density at radius 3 is 3.12 bits per heavy atom. The lowest BCUT2D eigenvalue weighted by molar-refractivity contribution is 0.0610. The van der Waals surface area contributed by atoms with E-state index in [1.807, 2.05) is 0 Å². The summed E-state index contributed by atoms with van der Waals surface area (Å²) in [6.45, 7) is 0.221. The van der Waals surface area contributed by atoms with Gasteiger partial charge in [-0.1, -0.05) is 11.6 Å². The van der Waals surface area contributed by atoms with Gasteiger partial charge in [0.1, 0.15) is 5.15 Å². The van der Waals surface area contributed by atoms with Gasteiger partial charge in [-0.25, -0.2) is 4.98 Å². The maximum Gasteiger partial charge on any atom is 0.253 e. The molecule has 0 saturated carbocycles. The smallest absolute Gasteiger partial charge is 0.253 e. The van der Waals surface area contributed by atoms with E-state index in [1.165, 1.54) is 19.4 Å². The minimum atomic E-state index is -0.762. The Kier molecular flexibility index (Phi) is 5.14. The van der Waals surface area contributed by atoms with E-state index in [2.05, 4.69) is 10.3 Å². The van der Waals surface area contributed by atoms with Crippen molar-refractivity contribution in [3.05, 3.63) is 23.0 Å². The van der Waals surface area contributed by atoms with Crippen molar-refractivity contribution >= 4 is 23.2 Å². The van der Waals surface area contributed by atoms with E-state index in [4.69, 9.17) is 22.1 Å². The van der Waals surface area contributed by atoms with Gasteiger partial charge in [-0.05, 0) is 6.07 Å². The van der Waals surface area contributed by atoms with E-state index in [0.29, 0.717) is 0 Å². The van der Waals surface area contributed by atoms with Gasteiger partial charge in [-0.15, -0.1) is 0 Å². The number of carbonyl (C=O) groups excluding carboxylic acids is 1. The second kappa shape index (κ2) is 6.39. The number of nitrogens with one attached hydrogen (secondary N) is 1. The van der Waals surface area contributed by atoms with E-state index in [-0.39, 0.29) is 29.6 Å². The number of amides is 1. The van der Waals surface area contributed by atoms with Gasteiger partial charge < -0.3 is 20.9 Å². The van der Waals surface area contributed by atoms with Crippen molar-refractivity contribution in [2.45, 2.75) is 6.10 Å². The van der Waals surface area contributed by atoms with Crippen molar-refractivity contribution in [3.63, 3.8) is 0 Å². The quantitative estimate of drug-likeness (QED) is 0.650. The van der Waals surface area contributed by atoms with Crippen molar-refractivity contribution in [2.24, 2.45) is 0 Å². The average Bonchev–Trinajstić information content (AvgIpc) is 2.29. The van der Waals surface area contributed by atoms with Crippen LogP contribution in [0.2, 0.25) is 5.15 Å². The van der Waals surface area contributed by atoms with Gasteiger partial charge in [0.15, 0.2) is 0 Å². The molecule has 0 aromatic carbocycles. The molecule has 0 bridgehead atoms. The summed E-state index contributed by atoms with van der Waals surface area (Å²) >= 11 is 5.66. The fourth-order valence-electron chi connectivity index (χ4n) is 1.19. The molecule has 4 N–H and O–H groups in total. The Morgan fingerprint density at radius 2 is 2.47 bits per heavy atom. The van der Waals surface area contributed by atoms with Gasteiger partial charge in [0.05, 0.1) is 30.2 Å². The maximum atomic E-state index is 11.7. The SMILES string of the molecule is COCC(O)CNC(=O)c1cc(Cl)ncc1N. The number of pyridine rings is 1. The van der Waals surface area contributed by atoms with Gasteiger partial charge >= 0.3 is 0 Å². The van der Waals surface area contributed by atoms with E-state index >= 15 is 0 Å². The van der Waals surface area contributed by atoms with Crippen LogP contribution >= 0.6 is 11.6 Å². The first kappa shape index (κ1) is 13.7. The van der Waals surface area contributed by atoms with Crippen LogP contribution in [-0.2, 0) is 4.74 Å². The summed E-state index contributed by atoms with van der Waals surface area (Å²) in [7, 11) is 1.46. The third-order valence-electron chi connectivity index (χ3n) is 2.00. The van der Waals surface area contributed by atoms with Gasteiger partial charge in [0.2, 0.25) is 0 Å². The third-order valence-corrected chi connectivity index (χ3v) is 2.21. The highest BCUT2D eigenvalue weighted by Crippen LogP contribution is 2.14. The molecule has 6 nitrogen and oxygen atoms in total. The largest absolute Gasteiger partial charge is 0.397 e. The normalized spacial score (nSPS) is 12.2. The number of anilines is 1. The molecule has 0 spiro atoms. The van der Waals surface area contributed by atoms with E-state index in [9.17, 15) is 9.90 Å². The number of ether oxygens (including phenoxy) is 1. The van der Waals surface area contributed by atoms with Crippen molar-refractivity contribution in [2.75, 3.05) is 26.0 Å². The second-order valence-electron chi connectivity index (χ2n) is 3.41. The zero-order valence-corrected chi connectivity index (χ0v) is 10.1. The topological polar surface area (TPSA) is 97.5 Å². The molecular formula is C10H14ClN3O3. The lowest BCUT2D eigenvalue weighted by Crippen LogP contribution is -2.34. The molecule has 0 radical (unpaired) electrons. The second-order valence-corrected chi connectivity index (χ2v) is 3.80. The van der Waals surface area contributed by atoms with Crippen LogP contribution in [0.5, 0.6) is 0 Å². The molecule has 17 heavy (non-hydrogen) atoms. The van der Waals surface area contributed by atoms with Crippen LogP contribution in [0.4, 0.5) is 5.69 Å². The highest BCUT2D eigenvalue weighted by atomic mass is 35.5. The number of aliphatic hydroxyl groups is 1. The number of aromatic nitrogens is 1. The first-order valence-electron chi connectivity index (χ1n) is 4.90. The summed E-state index contributed by atoms with van der Waals surface area (Å²) in [6.07, 6.45) is 0.547. The lowest BCUT2D eigenvalue weighted by Gasteiger charge is -2.11. The number of nitrogens with two attached hydrogens (primary N) is 1. The molecule has 1 amide bonds. The summed E-state index contributed by atoms with van der Waals surface area (Å²) in [5.74, 6) is -0.415. The Bertz CT molecular complexity index is 400. The van der Waals surface area contributed by atoms with Crippen molar-refractivity contribution in [1.82, 2.24) is 10.3 Å². The number of nitrogen functional groups attached to an aromatic ring is 1. The molecule has 1 heterocycles. The number of halogens is 1. The Labute approximate surface area is 104 Å². The molecule has 0 aliphatic heterocycles. The molecule has 7 heteroatoms. The zero-order chi connectivity index (χ0) is 12.8. The number of methoxy groups -OCH3 is 1. The summed E-state index contributed by atoms with van der Waals surface area (Å²) in [4.78, 5) is 15.4. The predicted molar refractivity (Wildman–Crippen MR) is 63.9 cm³/mol. The third kappa shape index (κ3) is 4.18. The molecule has 1 aromatic rings. The van der Waals surface area contributed by atoms with Crippen LogP contribution in [0.1, 0.15) is 10.4 Å². The zero-order valence-electron chi connectivity index (χ0n) is 9.31. The first-order chi connectivity index (χ1) is 8.04. The monoisotopic (exact) mass is 259 g/mol. The van der Waals surface area contributed by atoms with Gasteiger partial charge in [-0.3, -0.25) is 4.79 Å². The molecule has 0 aliphatic rings. The van der Waals surface area contributed by atoms with E-state index in [0.717, 1.165) is 0 Å². The molecule has 0 aliphatic carbocycles. The Hall–Kier alpha value is -1.37. The number of rotatable bonds is 5. The van der Waals surface area contributed by atoms with Crippen LogP contribution in [0.15, 0.2) is 12.3 Å². The predicted octanol–water partition coefficient (Wildman–Crippen LogP) is 0.0543. The van der Waals surface area contributed by atoms with E-state index < -0.39 is 12.0 Å². The van der Waals surface area contributed by atoms with Crippen molar-refractivity contribution in [1.29, 1.82) is 0 Å². The highest BCUT2D eigenvalue weighted by molar-refractivity contribution is 6.29. The minimum absolute atomic E-state index is 0.0755. The van der Waals surface area contributed by atoms with Crippen LogP contribution < -0.4 is 11.1 Å². The Balaban J connectivity index is 2.61. The summed E-state index contributed by atoms with van der Waals surface area (Å²) in [5, 5.41) is 12.1. The molecule has 0 fully saturated rings. The Morgan fingerprint density at radius 1 is 1.76 bits per heavy atom. The van der Waals surface area contributed by atoms with E-state index in [1.54, 1.807) is 0 Å². The molecule has 1 unspecified atom stereocenters. The lowest BCUT2D eigenvalue weighted by atomic mass is 10.2. The van der Waals surface area contributed by atoms with Gasteiger partial charge in [0, 0.05) is 13.7 Å². The van der Waals surface area contributed by atoms with Crippen LogP contribution in [0, 0.1) is 0 Å². The highest BCUT2D eigenvalue weighted by Gasteiger charge is 2.12. The standard InChI is InChI=1S/C10H14ClN3O3/c1-17-5-6(15)3-14-10(16)7-2-9(11)13-4-8(7)12/h2,4,6,15H,3,5,12H2,1H3,(H,14,16). The summed E-state index contributed by atoms with van der Waals surface area (Å²) in [6, 6.07) is 1.37. The fraction of sp³-hybridized carbons (Fsp3) is 0.400. The van der Waals surface area contributed by atoms with Gasteiger partial charge in [-0.2, -0.15) is 0 Å². The number of nitrogens with zero attached hydrogens (tertiary/aromatic N) is 1. The van der Waals surface area contributed by atoms with Crippen molar-refractivity contribution in [3.8, 4) is 0 Å². The van der Waals surface area contributed by atoms with Crippen LogP contribution in [0.3, 0.4) is 0 Å². The molecule has 0 saturated heterocycles. The summed E-state index contributed by atoms with van der Waals surface area (Å²) < 4.78 is 4.73. The molecule has 94 valence electrons. The number of hydrogen-bond acceptors (Lipinski definition) is 5. The fourth-order valence-corrected chi connectivity index (χ4v) is 1.35. The van der Waals surface area contributed by atoms with Crippen molar-refractivity contribution < 1.29 is 14.6 Å². The molecule has 1 rings (SSSR count). The summed E-state index contributed by atoms with van der Waals surface area (Å²) in [5.41, 5.74) is 6.05. The average molecular weight is 260 g/mol. The number of carbonyl (C=O) groups is 1.